The third-order valence-corrected chi connectivity index (χ3v) is 4.60. The molecule has 100 valence electrons. The molecule has 1 saturated heterocycles. The summed E-state index contributed by atoms with van der Waals surface area (Å²) in [4.78, 5) is 12.1. The Morgan fingerprint density at radius 1 is 1.18 bits per heavy atom. The molecule has 0 bridgehead atoms. The molecule has 3 heteroatoms. The second-order valence-electron chi connectivity index (χ2n) is 5.30. The molecule has 1 heterocycles. The van der Waals surface area contributed by atoms with Crippen LogP contribution in [-0.4, -0.2) is 25.5 Å². The van der Waals surface area contributed by atoms with Crippen LogP contribution < -0.4 is 10.6 Å². The zero-order chi connectivity index (χ0) is 12.7. The van der Waals surface area contributed by atoms with Crippen molar-refractivity contribution in [1.82, 2.24) is 10.6 Å². The van der Waals surface area contributed by atoms with Crippen LogP contribution in [0.4, 0.5) is 0 Å². The summed E-state index contributed by atoms with van der Waals surface area (Å²) in [6.45, 7) is 9.49. The summed E-state index contributed by atoms with van der Waals surface area (Å²) in [5.41, 5.74) is 0.308. The fourth-order valence-electron chi connectivity index (χ4n) is 2.63. The summed E-state index contributed by atoms with van der Waals surface area (Å²) in [5.74, 6) is 0.505. The molecule has 1 rings (SSSR count). The van der Waals surface area contributed by atoms with E-state index in [0.717, 1.165) is 51.7 Å². The molecule has 1 aliphatic rings. The van der Waals surface area contributed by atoms with Crippen molar-refractivity contribution in [3.05, 3.63) is 0 Å². The van der Waals surface area contributed by atoms with Crippen LogP contribution in [-0.2, 0) is 4.79 Å². The predicted molar refractivity (Wildman–Crippen MR) is 71.9 cm³/mol. The van der Waals surface area contributed by atoms with Crippen LogP contribution in [0.15, 0.2) is 0 Å². The molecule has 0 spiro atoms. The third-order valence-electron chi connectivity index (χ3n) is 4.60. The Hall–Kier alpha value is -0.570. The highest BCUT2D eigenvalue weighted by molar-refractivity contribution is 5.78. The van der Waals surface area contributed by atoms with E-state index in [1.54, 1.807) is 0 Å². The fourth-order valence-corrected chi connectivity index (χ4v) is 2.63. The minimum Gasteiger partial charge on any atom is -0.355 e. The number of carbonyl (C=O) groups excluding carboxylic acids is 1. The summed E-state index contributed by atoms with van der Waals surface area (Å²) in [7, 11) is 0. The van der Waals surface area contributed by atoms with Crippen LogP contribution in [0, 0.1) is 11.3 Å². The van der Waals surface area contributed by atoms with Gasteiger partial charge in [-0.3, -0.25) is 4.79 Å². The highest BCUT2D eigenvalue weighted by Gasteiger charge is 2.27. The van der Waals surface area contributed by atoms with Crippen molar-refractivity contribution in [2.24, 2.45) is 11.3 Å². The molecule has 0 aromatic carbocycles. The van der Waals surface area contributed by atoms with Crippen molar-refractivity contribution in [1.29, 1.82) is 0 Å². The Labute approximate surface area is 106 Å². The maximum absolute atomic E-state index is 12.1. The Morgan fingerprint density at radius 3 is 2.18 bits per heavy atom. The van der Waals surface area contributed by atoms with Gasteiger partial charge in [0, 0.05) is 12.5 Å². The zero-order valence-electron chi connectivity index (χ0n) is 11.6. The number of hydrogen-bond acceptors (Lipinski definition) is 2. The molecule has 0 atom stereocenters. The van der Waals surface area contributed by atoms with E-state index in [1.807, 2.05) is 0 Å². The zero-order valence-corrected chi connectivity index (χ0v) is 11.6. The minimum atomic E-state index is 0.236. The van der Waals surface area contributed by atoms with Crippen molar-refractivity contribution in [2.75, 3.05) is 19.6 Å². The van der Waals surface area contributed by atoms with Crippen molar-refractivity contribution in [3.8, 4) is 0 Å². The monoisotopic (exact) mass is 240 g/mol. The van der Waals surface area contributed by atoms with Crippen molar-refractivity contribution in [2.45, 2.75) is 52.9 Å². The number of nitrogens with one attached hydrogen (secondary N) is 2. The first-order valence-electron chi connectivity index (χ1n) is 7.16. The first kappa shape index (κ1) is 14.5. The summed E-state index contributed by atoms with van der Waals surface area (Å²) in [6.07, 6.45) is 5.41. The number of amides is 1. The van der Waals surface area contributed by atoms with Gasteiger partial charge in [0.2, 0.25) is 5.91 Å². The van der Waals surface area contributed by atoms with Gasteiger partial charge in [0.05, 0.1) is 0 Å². The molecule has 0 saturated carbocycles. The first-order chi connectivity index (χ1) is 8.17. The van der Waals surface area contributed by atoms with Gasteiger partial charge in [0.15, 0.2) is 0 Å². The third kappa shape index (κ3) is 3.98. The lowest BCUT2D eigenvalue weighted by Gasteiger charge is -2.32. The van der Waals surface area contributed by atoms with E-state index in [-0.39, 0.29) is 11.8 Å². The molecule has 0 radical (unpaired) electrons. The molecule has 0 aromatic rings. The molecule has 1 fully saturated rings. The van der Waals surface area contributed by atoms with Crippen LogP contribution in [0.25, 0.3) is 0 Å². The predicted octanol–water partition coefficient (Wildman–Crippen LogP) is 2.32. The molecule has 2 N–H and O–H groups in total. The molecule has 0 aliphatic carbocycles. The van der Waals surface area contributed by atoms with Gasteiger partial charge in [-0.05, 0) is 50.6 Å². The lowest BCUT2D eigenvalue weighted by Crippen LogP contribution is -2.42. The quantitative estimate of drug-likeness (QED) is 0.748. The normalized spacial score (nSPS) is 18.1. The molecule has 0 unspecified atom stereocenters. The average molecular weight is 240 g/mol. The largest absolute Gasteiger partial charge is 0.355 e. The summed E-state index contributed by atoms with van der Waals surface area (Å²) in [5, 5.41) is 6.47. The van der Waals surface area contributed by atoms with Gasteiger partial charge in [-0.2, -0.15) is 0 Å². The topological polar surface area (TPSA) is 41.1 Å². The highest BCUT2D eigenvalue weighted by Crippen LogP contribution is 2.29. The van der Waals surface area contributed by atoms with Gasteiger partial charge < -0.3 is 10.6 Å². The van der Waals surface area contributed by atoms with Gasteiger partial charge in [-0.15, -0.1) is 0 Å². The standard InChI is InChI=1S/C14H28N2O/c1-4-14(5-2,6-3)11-16-13(17)12-7-9-15-10-8-12/h12,15H,4-11H2,1-3H3,(H,16,17). The smallest absolute Gasteiger partial charge is 0.223 e. The van der Waals surface area contributed by atoms with Crippen LogP contribution >= 0.6 is 0 Å². The van der Waals surface area contributed by atoms with E-state index >= 15 is 0 Å². The number of carbonyl (C=O) groups is 1. The highest BCUT2D eigenvalue weighted by atomic mass is 16.1. The van der Waals surface area contributed by atoms with Crippen molar-refractivity contribution >= 4 is 5.91 Å². The summed E-state index contributed by atoms with van der Waals surface area (Å²) < 4.78 is 0. The maximum Gasteiger partial charge on any atom is 0.223 e. The van der Waals surface area contributed by atoms with E-state index in [0.29, 0.717) is 5.41 Å². The van der Waals surface area contributed by atoms with Gasteiger partial charge in [-0.25, -0.2) is 0 Å². The van der Waals surface area contributed by atoms with E-state index < -0.39 is 0 Å². The van der Waals surface area contributed by atoms with E-state index in [1.165, 1.54) is 0 Å². The Bertz CT molecular complexity index is 222. The van der Waals surface area contributed by atoms with E-state index in [9.17, 15) is 4.79 Å². The molecule has 1 amide bonds. The Morgan fingerprint density at radius 2 is 1.71 bits per heavy atom. The second kappa shape index (κ2) is 7.00. The van der Waals surface area contributed by atoms with Gasteiger partial charge >= 0.3 is 0 Å². The van der Waals surface area contributed by atoms with Gasteiger partial charge in [-0.1, -0.05) is 20.8 Å². The van der Waals surface area contributed by atoms with Crippen LogP contribution in [0.5, 0.6) is 0 Å². The van der Waals surface area contributed by atoms with E-state index in [2.05, 4.69) is 31.4 Å². The maximum atomic E-state index is 12.1. The SMILES string of the molecule is CCC(CC)(CC)CNC(=O)C1CCNCC1. The molecule has 17 heavy (non-hydrogen) atoms. The molecular formula is C14H28N2O. The minimum absolute atomic E-state index is 0.236. The summed E-state index contributed by atoms with van der Waals surface area (Å²) >= 11 is 0. The number of hydrogen-bond donors (Lipinski definition) is 2. The average Bonchev–Trinajstić information content (AvgIpc) is 2.41. The molecule has 3 nitrogen and oxygen atoms in total. The van der Waals surface area contributed by atoms with Gasteiger partial charge in [0.1, 0.15) is 0 Å². The molecule has 1 aliphatic heterocycles. The van der Waals surface area contributed by atoms with Gasteiger partial charge in [0.25, 0.3) is 0 Å². The van der Waals surface area contributed by atoms with Crippen LogP contribution in [0.2, 0.25) is 0 Å². The van der Waals surface area contributed by atoms with Crippen molar-refractivity contribution < 1.29 is 4.79 Å². The molecular weight excluding hydrogens is 212 g/mol. The lowest BCUT2D eigenvalue weighted by molar-refractivity contribution is -0.126. The van der Waals surface area contributed by atoms with Crippen LogP contribution in [0.3, 0.4) is 0 Å². The van der Waals surface area contributed by atoms with E-state index in [4.69, 9.17) is 0 Å². The fraction of sp³-hybridized carbons (Fsp3) is 0.929. The summed E-state index contributed by atoms with van der Waals surface area (Å²) in [6, 6.07) is 0. The first-order valence-corrected chi connectivity index (χ1v) is 7.16. The van der Waals surface area contributed by atoms with Crippen LogP contribution in [0.1, 0.15) is 52.9 Å². The Balaban J connectivity index is 2.40. The van der Waals surface area contributed by atoms with Crippen molar-refractivity contribution in [3.63, 3.8) is 0 Å². The number of piperidine rings is 1. The Kier molecular flexibility index (Phi) is 5.96. The molecule has 0 aromatic heterocycles. The lowest BCUT2D eigenvalue weighted by atomic mass is 9.79. The number of rotatable bonds is 6. The second-order valence-corrected chi connectivity index (χ2v) is 5.30.